The van der Waals surface area contributed by atoms with Gasteiger partial charge in [-0.05, 0) is 30.4 Å². The van der Waals surface area contributed by atoms with Crippen LogP contribution in [0.1, 0.15) is 30.3 Å². The molecule has 1 aromatic carbocycles. The molecule has 0 radical (unpaired) electrons. The average Bonchev–Trinajstić information content (AvgIpc) is 3.34. The number of aryl methyl sites for hydroxylation is 1. The highest BCUT2D eigenvalue weighted by atomic mass is 32.2. The van der Waals surface area contributed by atoms with Gasteiger partial charge in [0.1, 0.15) is 5.01 Å². The van der Waals surface area contributed by atoms with Crippen molar-refractivity contribution < 1.29 is 19.5 Å². The van der Waals surface area contributed by atoms with E-state index in [9.17, 15) is 9.59 Å². The van der Waals surface area contributed by atoms with Gasteiger partial charge < -0.3 is 10.4 Å². The Kier molecular flexibility index (Phi) is 9.07. The molecule has 2 aromatic rings. The highest BCUT2D eigenvalue weighted by Crippen LogP contribution is 2.28. The van der Waals surface area contributed by atoms with Crippen LogP contribution in [-0.2, 0) is 27.3 Å². The van der Waals surface area contributed by atoms with Gasteiger partial charge in [0.2, 0.25) is 16.9 Å². The summed E-state index contributed by atoms with van der Waals surface area (Å²) in [7, 11) is 0. The number of benzene rings is 1. The van der Waals surface area contributed by atoms with Crippen molar-refractivity contribution in [3.8, 4) is 0 Å². The summed E-state index contributed by atoms with van der Waals surface area (Å²) in [5.41, 5.74) is 1.05. The maximum Gasteiger partial charge on any atom is 0.290 e. The second kappa shape index (κ2) is 11.5. The molecule has 2 amide bonds. The van der Waals surface area contributed by atoms with Gasteiger partial charge in [-0.15, -0.1) is 22.0 Å². The number of carbonyl (C=O) groups excluding carboxylic acids is 2. The van der Waals surface area contributed by atoms with Gasteiger partial charge in [0.05, 0.1) is 5.92 Å². The second-order valence-electron chi connectivity index (χ2n) is 6.31. The van der Waals surface area contributed by atoms with E-state index in [-0.39, 0.29) is 30.6 Å². The van der Waals surface area contributed by atoms with Crippen LogP contribution in [0.3, 0.4) is 0 Å². The smallest absolute Gasteiger partial charge is 0.290 e. The van der Waals surface area contributed by atoms with Crippen LogP contribution in [0, 0.1) is 5.92 Å². The van der Waals surface area contributed by atoms with Crippen molar-refractivity contribution in [2.24, 2.45) is 5.92 Å². The molecule has 29 heavy (non-hydrogen) atoms. The molecule has 1 aromatic heterocycles. The lowest BCUT2D eigenvalue weighted by Gasteiger charge is -2.13. The number of thioether (sulfide) groups is 1. The quantitative estimate of drug-likeness (QED) is 0.507. The number of hydrogen-bond donors (Lipinski definition) is 2. The number of carboxylic acid groups (broad SMARTS) is 1. The SMILES string of the molecule is CCCc1nnc(N2CC(C(=O)NCc3ccc(SC)cc3)CC2=O)s1.O=CO. The van der Waals surface area contributed by atoms with E-state index in [0.29, 0.717) is 18.2 Å². The molecular formula is C19H24N4O4S2. The fraction of sp³-hybridized carbons (Fsp3) is 0.421. The lowest BCUT2D eigenvalue weighted by atomic mass is 10.1. The first-order valence-corrected chi connectivity index (χ1v) is 11.2. The molecule has 0 spiro atoms. The molecule has 1 aliphatic rings. The lowest BCUT2D eigenvalue weighted by molar-refractivity contribution is -0.126. The molecule has 2 N–H and O–H groups in total. The van der Waals surface area contributed by atoms with Crippen LogP contribution in [0.15, 0.2) is 29.2 Å². The normalized spacial score (nSPS) is 15.6. The first-order valence-electron chi connectivity index (χ1n) is 9.13. The van der Waals surface area contributed by atoms with Gasteiger partial charge in [0, 0.05) is 30.8 Å². The first kappa shape index (κ1) is 22.8. The Bertz CT molecular complexity index is 826. The number of nitrogens with one attached hydrogen (secondary N) is 1. The summed E-state index contributed by atoms with van der Waals surface area (Å²) in [5, 5.41) is 19.6. The second-order valence-corrected chi connectivity index (χ2v) is 8.23. The fourth-order valence-corrected chi connectivity index (χ4v) is 4.19. The van der Waals surface area contributed by atoms with E-state index in [1.165, 1.54) is 16.2 Å². The molecule has 1 atom stereocenters. The van der Waals surface area contributed by atoms with Crippen LogP contribution < -0.4 is 10.2 Å². The van der Waals surface area contributed by atoms with E-state index < -0.39 is 0 Å². The molecule has 1 fully saturated rings. The molecule has 0 bridgehead atoms. The Morgan fingerprint density at radius 2 is 2.07 bits per heavy atom. The molecule has 10 heteroatoms. The third-order valence-electron chi connectivity index (χ3n) is 4.27. The molecule has 156 valence electrons. The molecule has 8 nitrogen and oxygen atoms in total. The summed E-state index contributed by atoms with van der Waals surface area (Å²) in [6.07, 6.45) is 4.10. The molecule has 0 saturated carbocycles. The van der Waals surface area contributed by atoms with Gasteiger partial charge in [-0.25, -0.2) is 0 Å². The van der Waals surface area contributed by atoms with Crippen molar-refractivity contribution in [1.29, 1.82) is 0 Å². The predicted octanol–water partition coefficient (Wildman–Crippen LogP) is 2.58. The molecule has 1 saturated heterocycles. The van der Waals surface area contributed by atoms with E-state index in [1.807, 2.05) is 30.5 Å². The number of hydrogen-bond acceptors (Lipinski definition) is 7. The summed E-state index contributed by atoms with van der Waals surface area (Å²) in [4.78, 5) is 35.9. The van der Waals surface area contributed by atoms with Crippen molar-refractivity contribution >= 4 is 46.5 Å². The third-order valence-corrected chi connectivity index (χ3v) is 6.02. The minimum atomic E-state index is -0.341. The molecule has 3 rings (SSSR count). The van der Waals surface area contributed by atoms with Gasteiger partial charge in [0.25, 0.3) is 6.47 Å². The van der Waals surface area contributed by atoms with Gasteiger partial charge >= 0.3 is 0 Å². The Morgan fingerprint density at radius 3 is 2.69 bits per heavy atom. The minimum Gasteiger partial charge on any atom is -0.483 e. The Labute approximate surface area is 177 Å². The van der Waals surface area contributed by atoms with Crippen molar-refractivity contribution in [3.63, 3.8) is 0 Å². The highest BCUT2D eigenvalue weighted by molar-refractivity contribution is 7.98. The Balaban J connectivity index is 0.000000941. The van der Waals surface area contributed by atoms with Gasteiger partial charge in [-0.1, -0.05) is 30.4 Å². The minimum absolute atomic E-state index is 0.0614. The van der Waals surface area contributed by atoms with E-state index in [2.05, 4.69) is 22.4 Å². The lowest BCUT2D eigenvalue weighted by Crippen LogP contribution is -2.32. The maximum atomic E-state index is 12.4. The van der Waals surface area contributed by atoms with Crippen molar-refractivity contribution in [2.75, 3.05) is 17.7 Å². The summed E-state index contributed by atoms with van der Waals surface area (Å²) >= 11 is 3.12. The van der Waals surface area contributed by atoms with Gasteiger partial charge in [-0.2, -0.15) is 0 Å². The zero-order valence-electron chi connectivity index (χ0n) is 16.3. The molecule has 2 heterocycles. The molecule has 0 aliphatic carbocycles. The number of carbonyl (C=O) groups is 3. The van der Waals surface area contributed by atoms with E-state index in [1.54, 1.807) is 16.7 Å². The van der Waals surface area contributed by atoms with Crippen molar-refractivity contribution in [1.82, 2.24) is 15.5 Å². The van der Waals surface area contributed by atoms with Crippen LogP contribution in [-0.4, -0.2) is 46.4 Å². The monoisotopic (exact) mass is 436 g/mol. The Morgan fingerprint density at radius 1 is 1.38 bits per heavy atom. The summed E-state index contributed by atoms with van der Waals surface area (Å²) in [5.74, 6) is -0.492. The van der Waals surface area contributed by atoms with E-state index >= 15 is 0 Å². The van der Waals surface area contributed by atoms with Crippen LogP contribution in [0.5, 0.6) is 0 Å². The zero-order valence-corrected chi connectivity index (χ0v) is 18.0. The fourth-order valence-electron chi connectivity index (χ4n) is 2.81. The molecule has 1 unspecified atom stereocenters. The summed E-state index contributed by atoms with van der Waals surface area (Å²) in [6, 6.07) is 8.09. The average molecular weight is 437 g/mol. The van der Waals surface area contributed by atoms with Crippen molar-refractivity contribution in [3.05, 3.63) is 34.8 Å². The summed E-state index contributed by atoms with van der Waals surface area (Å²) in [6.45, 7) is 2.67. The van der Waals surface area contributed by atoms with E-state index in [4.69, 9.17) is 9.90 Å². The van der Waals surface area contributed by atoms with Crippen LogP contribution in [0.2, 0.25) is 0 Å². The largest absolute Gasteiger partial charge is 0.483 e. The number of nitrogens with zero attached hydrogens (tertiary/aromatic N) is 3. The van der Waals surface area contributed by atoms with Crippen molar-refractivity contribution in [2.45, 2.75) is 37.6 Å². The van der Waals surface area contributed by atoms with Gasteiger partial charge in [-0.3, -0.25) is 19.3 Å². The van der Waals surface area contributed by atoms with Gasteiger partial charge in [0.15, 0.2) is 0 Å². The molecular weight excluding hydrogens is 412 g/mol. The van der Waals surface area contributed by atoms with Crippen LogP contribution in [0.25, 0.3) is 0 Å². The standard InChI is InChI=1S/C18H22N4O2S2.CH2O2/c1-3-4-15-20-21-18(26-15)22-11-13(9-16(22)23)17(24)19-10-12-5-7-14(25-2)8-6-12;2-1-3/h5-8,13H,3-4,9-11H2,1-2H3,(H,19,24);1H,(H,2,3). The van der Waals surface area contributed by atoms with Crippen LogP contribution in [0.4, 0.5) is 5.13 Å². The highest BCUT2D eigenvalue weighted by Gasteiger charge is 2.36. The zero-order chi connectivity index (χ0) is 21.2. The maximum absolute atomic E-state index is 12.4. The first-order chi connectivity index (χ1) is 14.0. The Hall–Kier alpha value is -2.46. The third kappa shape index (κ3) is 6.53. The number of amides is 2. The number of aromatic nitrogens is 2. The topological polar surface area (TPSA) is 112 Å². The number of anilines is 1. The van der Waals surface area contributed by atoms with Crippen LogP contribution >= 0.6 is 23.1 Å². The summed E-state index contributed by atoms with van der Waals surface area (Å²) < 4.78 is 0. The predicted molar refractivity (Wildman–Crippen MR) is 113 cm³/mol. The molecule has 1 aliphatic heterocycles. The van der Waals surface area contributed by atoms with E-state index in [0.717, 1.165) is 23.4 Å². The number of rotatable bonds is 7.